The Morgan fingerprint density at radius 1 is 1.58 bits per heavy atom. The van der Waals surface area contributed by atoms with Gasteiger partial charge in [0.2, 0.25) is 0 Å². The third-order valence-electron chi connectivity index (χ3n) is 2.84. The van der Waals surface area contributed by atoms with E-state index in [0.29, 0.717) is 27.1 Å². The lowest BCUT2D eigenvalue weighted by atomic mass is 10.3. The van der Waals surface area contributed by atoms with E-state index in [2.05, 4.69) is 20.9 Å². The highest BCUT2D eigenvalue weighted by atomic mass is 79.9. The molecule has 2 atom stereocenters. The van der Waals surface area contributed by atoms with Crippen LogP contribution < -0.4 is 0 Å². The van der Waals surface area contributed by atoms with Crippen molar-refractivity contribution >= 4 is 49.4 Å². The van der Waals surface area contributed by atoms with Crippen molar-refractivity contribution in [1.29, 1.82) is 0 Å². The van der Waals surface area contributed by atoms with E-state index >= 15 is 0 Å². The molecule has 0 aliphatic carbocycles. The molecule has 0 saturated carbocycles. The van der Waals surface area contributed by atoms with E-state index in [0.717, 1.165) is 0 Å². The van der Waals surface area contributed by atoms with Gasteiger partial charge in [-0.1, -0.05) is 0 Å². The maximum Gasteiger partial charge on any atom is 0.139 e. The largest absolute Gasteiger partial charge is 0.323 e. The predicted octanol–water partition coefficient (Wildman–Crippen LogP) is 3.62. The summed E-state index contributed by atoms with van der Waals surface area (Å²) in [6.45, 7) is 1.93. The Labute approximate surface area is 126 Å². The Bertz CT molecular complexity index is 646. The molecule has 104 valence electrons. The molecule has 2 rings (SSSR count). The van der Waals surface area contributed by atoms with Gasteiger partial charge in [-0.2, -0.15) is 0 Å². The first-order valence-electron chi connectivity index (χ1n) is 5.66. The average Bonchev–Trinajstić information content (AvgIpc) is 2.66. The second-order valence-electron chi connectivity index (χ2n) is 4.38. The second kappa shape index (κ2) is 5.89. The number of aromatic nitrogens is 2. The molecule has 19 heavy (non-hydrogen) atoms. The van der Waals surface area contributed by atoms with Crippen molar-refractivity contribution in [3.05, 3.63) is 28.2 Å². The standard InChI is InChI=1S/C12H13BrClFN2OS/c1-7(6-19(2)18)17-11-4-9(15)8(13)3-10(11)16-12(17)5-14/h3-4,7H,5-6H2,1-2H3. The van der Waals surface area contributed by atoms with Crippen LogP contribution in [0, 0.1) is 5.82 Å². The highest BCUT2D eigenvalue weighted by Gasteiger charge is 2.18. The first-order valence-corrected chi connectivity index (χ1v) is 8.71. The maximum atomic E-state index is 13.7. The van der Waals surface area contributed by atoms with Gasteiger partial charge in [-0.05, 0) is 28.9 Å². The summed E-state index contributed by atoms with van der Waals surface area (Å²) in [5, 5.41) is 0. The molecule has 0 radical (unpaired) electrons. The predicted molar refractivity (Wildman–Crippen MR) is 80.6 cm³/mol. The quantitative estimate of drug-likeness (QED) is 0.774. The topological polar surface area (TPSA) is 34.9 Å². The lowest BCUT2D eigenvalue weighted by molar-refractivity contribution is 0.590. The van der Waals surface area contributed by atoms with Crippen LogP contribution in [0.25, 0.3) is 11.0 Å². The fourth-order valence-corrected chi connectivity index (χ4v) is 3.49. The van der Waals surface area contributed by atoms with Crippen LogP contribution in [0.3, 0.4) is 0 Å². The average molecular weight is 368 g/mol. The van der Waals surface area contributed by atoms with E-state index in [9.17, 15) is 8.60 Å². The van der Waals surface area contributed by atoms with Crippen LogP contribution in [0.5, 0.6) is 0 Å². The zero-order valence-corrected chi connectivity index (χ0v) is 13.6. The molecule has 3 nitrogen and oxygen atoms in total. The van der Waals surface area contributed by atoms with Crippen molar-refractivity contribution in [2.24, 2.45) is 0 Å². The molecule has 0 bridgehead atoms. The van der Waals surface area contributed by atoms with Gasteiger partial charge in [-0.3, -0.25) is 4.21 Å². The SMILES string of the molecule is CC(CS(C)=O)n1c(CCl)nc2cc(Br)c(F)cc21. The van der Waals surface area contributed by atoms with Crippen molar-refractivity contribution < 1.29 is 8.60 Å². The monoisotopic (exact) mass is 366 g/mol. The minimum Gasteiger partial charge on any atom is -0.323 e. The summed E-state index contributed by atoms with van der Waals surface area (Å²) >= 11 is 9.04. The Morgan fingerprint density at radius 2 is 2.26 bits per heavy atom. The molecule has 0 spiro atoms. The molecule has 1 heterocycles. The van der Waals surface area contributed by atoms with Gasteiger partial charge >= 0.3 is 0 Å². The molecule has 0 N–H and O–H groups in total. The summed E-state index contributed by atoms with van der Waals surface area (Å²) in [6, 6.07) is 3.01. The molecule has 0 saturated heterocycles. The Kier molecular flexibility index (Phi) is 4.63. The van der Waals surface area contributed by atoms with Crippen LogP contribution in [0.4, 0.5) is 4.39 Å². The van der Waals surface area contributed by atoms with Gasteiger partial charge in [0.25, 0.3) is 0 Å². The first-order chi connectivity index (χ1) is 8.93. The van der Waals surface area contributed by atoms with Crippen LogP contribution in [-0.4, -0.2) is 25.8 Å². The first kappa shape index (κ1) is 14.9. The van der Waals surface area contributed by atoms with E-state index in [1.165, 1.54) is 6.07 Å². The van der Waals surface area contributed by atoms with E-state index < -0.39 is 10.8 Å². The van der Waals surface area contributed by atoms with E-state index in [-0.39, 0.29) is 17.7 Å². The molecule has 0 aliphatic rings. The van der Waals surface area contributed by atoms with Crippen LogP contribution in [0.2, 0.25) is 0 Å². The van der Waals surface area contributed by atoms with Crippen LogP contribution in [0.1, 0.15) is 18.8 Å². The summed E-state index contributed by atoms with van der Waals surface area (Å²) in [4.78, 5) is 4.40. The molecule has 1 aromatic carbocycles. The molecular formula is C12H13BrClFN2OS. The van der Waals surface area contributed by atoms with Crippen molar-refractivity contribution in [3.8, 4) is 0 Å². The zero-order chi connectivity index (χ0) is 14.2. The lowest BCUT2D eigenvalue weighted by Crippen LogP contribution is -2.15. The number of benzene rings is 1. The Balaban J connectivity index is 2.62. The summed E-state index contributed by atoms with van der Waals surface area (Å²) in [7, 11) is -0.938. The van der Waals surface area contributed by atoms with Crippen molar-refractivity contribution in [2.75, 3.05) is 12.0 Å². The van der Waals surface area contributed by atoms with E-state index in [1.807, 2.05) is 11.5 Å². The normalized spacial score (nSPS) is 14.8. The van der Waals surface area contributed by atoms with Crippen molar-refractivity contribution in [2.45, 2.75) is 18.8 Å². The number of fused-ring (bicyclic) bond motifs is 1. The van der Waals surface area contributed by atoms with Gasteiger partial charge in [-0.25, -0.2) is 9.37 Å². The van der Waals surface area contributed by atoms with Gasteiger partial charge in [0.15, 0.2) is 0 Å². The van der Waals surface area contributed by atoms with Crippen LogP contribution in [-0.2, 0) is 16.7 Å². The molecule has 0 amide bonds. The minimum absolute atomic E-state index is 0.0508. The number of hydrogen-bond donors (Lipinski definition) is 0. The third kappa shape index (κ3) is 3.01. The highest BCUT2D eigenvalue weighted by Crippen LogP contribution is 2.27. The fourth-order valence-electron chi connectivity index (χ4n) is 2.14. The number of alkyl halides is 1. The molecule has 2 aromatic rings. The third-order valence-corrected chi connectivity index (χ3v) is 4.64. The summed E-state index contributed by atoms with van der Waals surface area (Å²) in [6.07, 6.45) is 1.65. The van der Waals surface area contributed by atoms with Crippen LogP contribution >= 0.6 is 27.5 Å². The van der Waals surface area contributed by atoms with Crippen molar-refractivity contribution in [3.63, 3.8) is 0 Å². The van der Waals surface area contributed by atoms with E-state index in [4.69, 9.17) is 11.6 Å². The molecule has 7 heteroatoms. The molecule has 0 aliphatic heterocycles. The molecular weight excluding hydrogens is 355 g/mol. The number of hydrogen-bond acceptors (Lipinski definition) is 2. The second-order valence-corrected chi connectivity index (χ2v) is 6.98. The van der Waals surface area contributed by atoms with Gasteiger partial charge in [-0.15, -0.1) is 11.6 Å². The van der Waals surface area contributed by atoms with Gasteiger partial charge < -0.3 is 4.57 Å². The van der Waals surface area contributed by atoms with Gasteiger partial charge in [0.1, 0.15) is 11.6 Å². The van der Waals surface area contributed by atoms with E-state index in [1.54, 1.807) is 12.3 Å². The molecule has 2 unspecified atom stereocenters. The number of rotatable bonds is 4. The highest BCUT2D eigenvalue weighted by molar-refractivity contribution is 9.10. The van der Waals surface area contributed by atoms with Gasteiger partial charge in [0.05, 0.1) is 21.4 Å². The number of halogens is 3. The molecule has 0 fully saturated rings. The number of nitrogens with zero attached hydrogens (tertiary/aromatic N) is 2. The number of imidazole rings is 1. The Morgan fingerprint density at radius 3 is 2.84 bits per heavy atom. The van der Waals surface area contributed by atoms with Gasteiger partial charge in [0, 0.05) is 34.9 Å². The fraction of sp³-hybridized carbons (Fsp3) is 0.417. The summed E-state index contributed by atoms with van der Waals surface area (Å²) in [5.74, 6) is 1.02. The summed E-state index contributed by atoms with van der Waals surface area (Å²) in [5.41, 5.74) is 1.35. The Hall–Kier alpha value is -0.460. The zero-order valence-electron chi connectivity index (χ0n) is 10.5. The van der Waals surface area contributed by atoms with Crippen molar-refractivity contribution in [1.82, 2.24) is 9.55 Å². The lowest BCUT2D eigenvalue weighted by Gasteiger charge is -2.15. The summed E-state index contributed by atoms with van der Waals surface area (Å²) < 4.78 is 27.3. The smallest absolute Gasteiger partial charge is 0.139 e. The maximum absolute atomic E-state index is 13.7. The molecule has 1 aromatic heterocycles. The minimum atomic E-state index is -0.938. The van der Waals surface area contributed by atoms with Crippen LogP contribution in [0.15, 0.2) is 16.6 Å².